The van der Waals surface area contributed by atoms with Crippen LogP contribution >= 0.6 is 0 Å². The lowest BCUT2D eigenvalue weighted by Gasteiger charge is -2.32. The number of carbonyl (C=O) groups is 1. The lowest BCUT2D eigenvalue weighted by atomic mass is 9.78. The summed E-state index contributed by atoms with van der Waals surface area (Å²) in [6.45, 7) is -0.508. The van der Waals surface area contributed by atoms with Crippen molar-refractivity contribution in [3.8, 4) is 0 Å². The van der Waals surface area contributed by atoms with Crippen LogP contribution in [0.4, 0.5) is 4.39 Å². The van der Waals surface area contributed by atoms with E-state index < -0.39 is 6.67 Å². The summed E-state index contributed by atoms with van der Waals surface area (Å²) in [5, 5.41) is 12.3. The molecule has 2 aliphatic rings. The largest absolute Gasteiger partial charge is 0.393 e. The highest BCUT2D eigenvalue weighted by atomic mass is 19.1. The topological polar surface area (TPSA) is 49.3 Å². The third kappa shape index (κ3) is 1.90. The molecule has 96 valence electrons. The summed E-state index contributed by atoms with van der Waals surface area (Å²) in [6, 6.07) is 6.76. The van der Waals surface area contributed by atoms with Crippen molar-refractivity contribution in [3.63, 3.8) is 0 Å². The molecule has 18 heavy (non-hydrogen) atoms. The number of aliphatic hydroxyl groups is 1. The van der Waals surface area contributed by atoms with E-state index in [9.17, 15) is 14.3 Å². The summed E-state index contributed by atoms with van der Waals surface area (Å²) in [5.74, 6) is -0.108. The van der Waals surface area contributed by atoms with Crippen molar-refractivity contribution in [3.05, 3.63) is 35.4 Å². The fourth-order valence-corrected chi connectivity index (χ4v) is 2.87. The highest BCUT2D eigenvalue weighted by molar-refractivity contribution is 5.94. The van der Waals surface area contributed by atoms with Gasteiger partial charge in [0.15, 0.2) is 0 Å². The molecule has 2 aliphatic carbocycles. The van der Waals surface area contributed by atoms with Crippen molar-refractivity contribution in [2.75, 3.05) is 0 Å². The summed E-state index contributed by atoms with van der Waals surface area (Å²) < 4.78 is 12.3. The van der Waals surface area contributed by atoms with Crippen LogP contribution in [0.25, 0.3) is 0 Å². The number of aliphatic hydroxyl groups excluding tert-OH is 1. The van der Waals surface area contributed by atoms with Crippen LogP contribution in [0.15, 0.2) is 24.3 Å². The van der Waals surface area contributed by atoms with E-state index in [4.69, 9.17) is 0 Å². The van der Waals surface area contributed by atoms with E-state index >= 15 is 0 Å². The van der Waals surface area contributed by atoms with Crippen LogP contribution in [0, 0.1) is 5.41 Å². The first-order valence-corrected chi connectivity index (χ1v) is 6.27. The lowest BCUT2D eigenvalue weighted by Crippen LogP contribution is -2.38. The predicted octanol–water partition coefficient (Wildman–Crippen LogP) is 1.80. The number of benzene rings is 1. The summed E-state index contributed by atoms with van der Waals surface area (Å²) in [7, 11) is 0. The van der Waals surface area contributed by atoms with Gasteiger partial charge in [0.1, 0.15) is 6.67 Å². The van der Waals surface area contributed by atoms with E-state index in [-0.39, 0.29) is 23.5 Å². The molecule has 1 amide bonds. The zero-order valence-electron chi connectivity index (χ0n) is 10.0. The van der Waals surface area contributed by atoms with Gasteiger partial charge in [0.05, 0.1) is 6.10 Å². The van der Waals surface area contributed by atoms with Crippen molar-refractivity contribution in [1.82, 2.24) is 5.32 Å². The maximum absolute atomic E-state index is 12.3. The highest BCUT2D eigenvalue weighted by Gasteiger charge is 2.61. The molecule has 0 saturated heterocycles. The summed E-state index contributed by atoms with van der Waals surface area (Å²) in [5.41, 5.74) is 1.32. The van der Waals surface area contributed by atoms with Crippen LogP contribution in [0.1, 0.15) is 35.2 Å². The molecule has 1 atom stereocenters. The minimum absolute atomic E-state index is 0.108. The SMILES string of the molecule is O=C(NC1CC12CC(O)C2)c1ccc(CF)cc1. The third-order valence-electron chi connectivity index (χ3n) is 4.15. The van der Waals surface area contributed by atoms with Gasteiger partial charge in [0.2, 0.25) is 0 Å². The molecular weight excluding hydrogens is 233 g/mol. The summed E-state index contributed by atoms with van der Waals surface area (Å²) >= 11 is 0. The van der Waals surface area contributed by atoms with E-state index in [0.717, 1.165) is 19.3 Å². The van der Waals surface area contributed by atoms with E-state index in [0.29, 0.717) is 11.1 Å². The first kappa shape index (κ1) is 11.7. The molecule has 1 spiro atoms. The van der Waals surface area contributed by atoms with Gasteiger partial charge in [0, 0.05) is 11.6 Å². The Labute approximate surface area is 105 Å². The zero-order chi connectivity index (χ0) is 12.8. The van der Waals surface area contributed by atoms with Crippen molar-refractivity contribution in [2.24, 2.45) is 5.41 Å². The van der Waals surface area contributed by atoms with E-state index in [1.807, 2.05) is 0 Å². The Hall–Kier alpha value is -1.42. The Balaban J connectivity index is 1.59. The number of nitrogens with one attached hydrogen (secondary N) is 1. The van der Waals surface area contributed by atoms with Gasteiger partial charge in [-0.25, -0.2) is 4.39 Å². The average molecular weight is 249 g/mol. The Morgan fingerprint density at radius 3 is 2.56 bits per heavy atom. The average Bonchev–Trinajstić information content (AvgIpc) is 3.02. The normalized spacial score (nSPS) is 33.0. The molecule has 2 saturated carbocycles. The molecule has 1 aromatic rings. The fraction of sp³-hybridized carbons (Fsp3) is 0.500. The van der Waals surface area contributed by atoms with Crippen molar-refractivity contribution in [1.29, 1.82) is 0 Å². The number of rotatable bonds is 3. The lowest BCUT2D eigenvalue weighted by molar-refractivity contribution is 0.0235. The van der Waals surface area contributed by atoms with Gasteiger partial charge in [0.25, 0.3) is 5.91 Å². The summed E-state index contributed by atoms with van der Waals surface area (Å²) in [4.78, 5) is 11.9. The smallest absolute Gasteiger partial charge is 0.251 e. The van der Waals surface area contributed by atoms with E-state index in [2.05, 4.69) is 5.32 Å². The predicted molar refractivity (Wildman–Crippen MR) is 64.8 cm³/mol. The standard InChI is InChI=1S/C14H16FNO2/c15-8-9-1-3-10(4-2-9)13(18)16-12-7-14(12)5-11(17)6-14/h1-4,11-12,17H,5-8H2,(H,16,18). The molecule has 4 heteroatoms. The molecule has 0 radical (unpaired) electrons. The van der Waals surface area contributed by atoms with Gasteiger partial charge >= 0.3 is 0 Å². The van der Waals surface area contributed by atoms with Crippen molar-refractivity contribution in [2.45, 2.75) is 38.1 Å². The van der Waals surface area contributed by atoms with Gasteiger partial charge < -0.3 is 10.4 Å². The second-order valence-corrected chi connectivity index (χ2v) is 5.49. The maximum Gasteiger partial charge on any atom is 0.251 e. The van der Waals surface area contributed by atoms with Gasteiger partial charge in [-0.2, -0.15) is 0 Å². The second kappa shape index (κ2) is 4.05. The molecule has 2 fully saturated rings. The van der Waals surface area contributed by atoms with Crippen LogP contribution in [0.2, 0.25) is 0 Å². The number of hydrogen-bond acceptors (Lipinski definition) is 2. The maximum atomic E-state index is 12.3. The quantitative estimate of drug-likeness (QED) is 0.858. The van der Waals surface area contributed by atoms with Crippen molar-refractivity contribution < 1.29 is 14.3 Å². The Bertz CT molecular complexity index is 465. The Kier molecular flexibility index (Phi) is 2.63. The first-order valence-electron chi connectivity index (χ1n) is 6.27. The first-order chi connectivity index (χ1) is 8.63. The molecule has 3 rings (SSSR count). The molecule has 0 bridgehead atoms. The van der Waals surface area contributed by atoms with Gasteiger partial charge in [-0.1, -0.05) is 12.1 Å². The van der Waals surface area contributed by atoms with E-state index in [1.54, 1.807) is 24.3 Å². The van der Waals surface area contributed by atoms with Gasteiger partial charge in [-0.3, -0.25) is 4.79 Å². The van der Waals surface area contributed by atoms with Crippen LogP contribution in [-0.2, 0) is 6.67 Å². The Morgan fingerprint density at radius 2 is 2.00 bits per heavy atom. The van der Waals surface area contributed by atoms with Crippen LogP contribution < -0.4 is 5.32 Å². The number of halogens is 1. The minimum atomic E-state index is -0.508. The molecule has 2 N–H and O–H groups in total. The van der Waals surface area contributed by atoms with Crippen LogP contribution in [0.5, 0.6) is 0 Å². The summed E-state index contributed by atoms with van der Waals surface area (Å²) in [6.07, 6.45) is 2.39. The fourth-order valence-electron chi connectivity index (χ4n) is 2.87. The monoisotopic (exact) mass is 249 g/mol. The number of hydrogen-bond donors (Lipinski definition) is 2. The number of alkyl halides is 1. The highest BCUT2D eigenvalue weighted by Crippen LogP contribution is 2.60. The van der Waals surface area contributed by atoms with Gasteiger partial charge in [-0.15, -0.1) is 0 Å². The molecule has 0 heterocycles. The minimum Gasteiger partial charge on any atom is -0.393 e. The number of carbonyl (C=O) groups excluding carboxylic acids is 1. The zero-order valence-corrected chi connectivity index (χ0v) is 10.0. The van der Waals surface area contributed by atoms with Crippen LogP contribution in [-0.4, -0.2) is 23.2 Å². The van der Waals surface area contributed by atoms with Crippen molar-refractivity contribution >= 4 is 5.91 Å². The molecular formula is C14H16FNO2. The molecule has 3 nitrogen and oxygen atoms in total. The number of amides is 1. The molecule has 0 aromatic heterocycles. The molecule has 1 unspecified atom stereocenters. The van der Waals surface area contributed by atoms with E-state index in [1.165, 1.54) is 0 Å². The Morgan fingerprint density at radius 1 is 1.33 bits per heavy atom. The molecule has 1 aromatic carbocycles. The van der Waals surface area contributed by atoms with Gasteiger partial charge in [-0.05, 0) is 42.4 Å². The molecule has 0 aliphatic heterocycles. The second-order valence-electron chi connectivity index (χ2n) is 5.49. The van der Waals surface area contributed by atoms with Crippen LogP contribution in [0.3, 0.4) is 0 Å². The third-order valence-corrected chi connectivity index (χ3v) is 4.15.